The summed E-state index contributed by atoms with van der Waals surface area (Å²) in [6.45, 7) is 0.946. The van der Waals surface area contributed by atoms with E-state index >= 15 is 0 Å². The Morgan fingerprint density at radius 1 is 1.33 bits per heavy atom. The summed E-state index contributed by atoms with van der Waals surface area (Å²) in [5.74, 6) is 0.128. The van der Waals surface area contributed by atoms with E-state index in [1.165, 1.54) is 0 Å². The molecular formula is C15H20Cl3N3O3. The first-order valence-electron chi connectivity index (χ1n) is 7.36. The van der Waals surface area contributed by atoms with E-state index < -0.39 is 0 Å². The quantitative estimate of drug-likeness (QED) is 0.795. The van der Waals surface area contributed by atoms with E-state index in [1.807, 2.05) is 0 Å². The van der Waals surface area contributed by atoms with Gasteiger partial charge in [-0.2, -0.15) is 0 Å². The minimum Gasteiger partial charge on any atom is -0.489 e. The third kappa shape index (κ3) is 6.02. The lowest BCUT2D eigenvalue weighted by atomic mass is 10.1. The molecule has 1 aliphatic heterocycles. The highest BCUT2D eigenvalue weighted by Crippen LogP contribution is 2.28. The molecule has 1 unspecified atom stereocenters. The molecule has 0 aromatic heterocycles. The molecule has 134 valence electrons. The number of nitrogens with zero attached hydrogens (tertiary/aromatic N) is 1. The number of benzene rings is 1. The topological polar surface area (TPSA) is 84.7 Å². The molecule has 0 spiro atoms. The summed E-state index contributed by atoms with van der Waals surface area (Å²) in [6.07, 6.45) is 1.57. The number of ether oxygens (including phenoxy) is 1. The number of halogens is 3. The molecule has 1 fully saturated rings. The van der Waals surface area contributed by atoms with Gasteiger partial charge in [0.1, 0.15) is 11.9 Å². The van der Waals surface area contributed by atoms with Crippen LogP contribution < -0.4 is 15.8 Å². The van der Waals surface area contributed by atoms with Crippen molar-refractivity contribution in [2.75, 3.05) is 26.2 Å². The average molecular weight is 397 g/mol. The van der Waals surface area contributed by atoms with Gasteiger partial charge in [-0.05, 0) is 25.0 Å². The van der Waals surface area contributed by atoms with Gasteiger partial charge in [0.2, 0.25) is 11.8 Å². The molecule has 1 aromatic carbocycles. The number of hydrogen-bond donors (Lipinski definition) is 2. The number of carbonyl (C=O) groups excluding carboxylic acids is 2. The van der Waals surface area contributed by atoms with Crippen molar-refractivity contribution in [3.63, 3.8) is 0 Å². The number of carbonyl (C=O) groups is 2. The molecule has 1 atom stereocenters. The summed E-state index contributed by atoms with van der Waals surface area (Å²) >= 11 is 11.8. The van der Waals surface area contributed by atoms with Crippen molar-refractivity contribution in [3.05, 3.63) is 28.2 Å². The molecule has 2 rings (SSSR count). The number of amides is 2. The lowest BCUT2D eigenvalue weighted by Crippen LogP contribution is -2.48. The largest absolute Gasteiger partial charge is 0.489 e. The third-order valence-electron chi connectivity index (χ3n) is 3.55. The highest BCUT2D eigenvalue weighted by Gasteiger charge is 2.25. The highest BCUT2D eigenvalue weighted by atomic mass is 35.5. The van der Waals surface area contributed by atoms with Gasteiger partial charge < -0.3 is 20.7 Å². The monoisotopic (exact) mass is 395 g/mol. The summed E-state index contributed by atoms with van der Waals surface area (Å²) in [7, 11) is 0. The molecule has 0 radical (unpaired) electrons. The number of nitrogens with two attached hydrogens (primary N) is 1. The summed E-state index contributed by atoms with van der Waals surface area (Å²) in [4.78, 5) is 24.9. The van der Waals surface area contributed by atoms with Crippen molar-refractivity contribution >= 4 is 47.4 Å². The fourth-order valence-corrected chi connectivity index (χ4v) is 2.65. The minimum atomic E-state index is -0.348. The predicted molar refractivity (Wildman–Crippen MR) is 96.0 cm³/mol. The Bertz CT molecular complexity index is 586. The second-order valence-electron chi connectivity index (χ2n) is 5.28. The van der Waals surface area contributed by atoms with Crippen LogP contribution in [0.25, 0.3) is 0 Å². The van der Waals surface area contributed by atoms with Gasteiger partial charge in [0.25, 0.3) is 0 Å². The molecule has 3 N–H and O–H groups in total. The number of hydrogen-bond acceptors (Lipinski definition) is 4. The van der Waals surface area contributed by atoms with Crippen molar-refractivity contribution in [2.45, 2.75) is 18.9 Å². The van der Waals surface area contributed by atoms with Gasteiger partial charge >= 0.3 is 0 Å². The van der Waals surface area contributed by atoms with Crippen LogP contribution in [-0.2, 0) is 9.59 Å². The molecule has 1 aromatic rings. The maximum atomic E-state index is 12.1. The van der Waals surface area contributed by atoms with E-state index in [0.717, 1.165) is 12.8 Å². The molecule has 2 amide bonds. The molecule has 6 nitrogen and oxygen atoms in total. The summed E-state index contributed by atoms with van der Waals surface area (Å²) in [5, 5.41) is 3.38. The van der Waals surface area contributed by atoms with Gasteiger partial charge in [0, 0.05) is 12.6 Å². The normalized spacial score (nSPS) is 17.0. The Kier molecular flexibility index (Phi) is 8.62. The number of likely N-dealkylation sites (tertiary alicyclic amines) is 1. The van der Waals surface area contributed by atoms with Gasteiger partial charge in [-0.3, -0.25) is 9.59 Å². The predicted octanol–water partition coefficient (Wildman–Crippen LogP) is 1.86. The van der Waals surface area contributed by atoms with Crippen LogP contribution in [0.2, 0.25) is 10.0 Å². The van der Waals surface area contributed by atoms with Gasteiger partial charge in [0.05, 0.1) is 29.7 Å². The highest BCUT2D eigenvalue weighted by molar-refractivity contribution is 6.42. The summed E-state index contributed by atoms with van der Waals surface area (Å²) in [6, 6.07) is 5.08. The van der Waals surface area contributed by atoms with Crippen LogP contribution in [-0.4, -0.2) is 49.0 Å². The zero-order valence-corrected chi connectivity index (χ0v) is 15.3. The SMILES string of the molecule is Cl.NCC(=O)NCC(=O)N1CCCC(Oc2ccc(Cl)c(Cl)c2)C1. The van der Waals surface area contributed by atoms with E-state index in [1.54, 1.807) is 23.1 Å². The van der Waals surface area contributed by atoms with E-state index in [0.29, 0.717) is 28.9 Å². The molecule has 1 saturated heterocycles. The third-order valence-corrected chi connectivity index (χ3v) is 4.29. The second-order valence-corrected chi connectivity index (χ2v) is 6.09. The first-order valence-corrected chi connectivity index (χ1v) is 8.11. The molecule has 0 aliphatic carbocycles. The van der Waals surface area contributed by atoms with Crippen LogP contribution in [0.4, 0.5) is 0 Å². The van der Waals surface area contributed by atoms with Crippen LogP contribution in [0.1, 0.15) is 12.8 Å². The fraction of sp³-hybridized carbons (Fsp3) is 0.467. The Balaban J connectivity index is 0.00000288. The second kappa shape index (κ2) is 9.93. The molecular weight excluding hydrogens is 377 g/mol. The van der Waals surface area contributed by atoms with Crippen LogP contribution in [0.15, 0.2) is 18.2 Å². The Labute approximate surface area is 157 Å². The van der Waals surface area contributed by atoms with Crippen molar-refractivity contribution < 1.29 is 14.3 Å². The fourth-order valence-electron chi connectivity index (χ4n) is 2.36. The maximum absolute atomic E-state index is 12.1. The first-order chi connectivity index (χ1) is 11.0. The maximum Gasteiger partial charge on any atom is 0.242 e. The van der Waals surface area contributed by atoms with Crippen molar-refractivity contribution in [1.29, 1.82) is 0 Å². The molecule has 9 heteroatoms. The van der Waals surface area contributed by atoms with Gasteiger partial charge in [-0.15, -0.1) is 12.4 Å². The number of piperidine rings is 1. The number of nitrogens with one attached hydrogen (secondary N) is 1. The van der Waals surface area contributed by atoms with E-state index in [4.69, 9.17) is 33.7 Å². The van der Waals surface area contributed by atoms with Crippen molar-refractivity contribution in [2.24, 2.45) is 5.73 Å². The molecule has 0 saturated carbocycles. The molecule has 1 aliphatic rings. The standard InChI is InChI=1S/C15H19Cl2N3O3.ClH/c16-12-4-3-10(6-13(12)17)23-11-2-1-5-20(9-11)15(22)8-19-14(21)7-18;/h3-4,6,11H,1-2,5,7-9,18H2,(H,19,21);1H. The minimum absolute atomic E-state index is 0. The van der Waals surface area contributed by atoms with E-state index in [9.17, 15) is 9.59 Å². The molecule has 1 heterocycles. The van der Waals surface area contributed by atoms with Crippen LogP contribution in [0.3, 0.4) is 0 Å². The van der Waals surface area contributed by atoms with E-state index in [-0.39, 0.29) is 43.4 Å². The first kappa shape index (κ1) is 20.8. The lowest BCUT2D eigenvalue weighted by molar-refractivity contribution is -0.134. The Morgan fingerprint density at radius 3 is 2.75 bits per heavy atom. The van der Waals surface area contributed by atoms with Crippen LogP contribution in [0, 0.1) is 0 Å². The smallest absolute Gasteiger partial charge is 0.242 e. The van der Waals surface area contributed by atoms with Gasteiger partial charge in [-0.25, -0.2) is 0 Å². The zero-order chi connectivity index (χ0) is 16.8. The van der Waals surface area contributed by atoms with Crippen molar-refractivity contribution in [1.82, 2.24) is 10.2 Å². The van der Waals surface area contributed by atoms with Crippen molar-refractivity contribution in [3.8, 4) is 5.75 Å². The summed E-state index contributed by atoms with van der Waals surface area (Å²) in [5.41, 5.74) is 5.19. The van der Waals surface area contributed by atoms with Gasteiger partial charge in [0.15, 0.2) is 0 Å². The van der Waals surface area contributed by atoms with E-state index in [2.05, 4.69) is 5.32 Å². The lowest BCUT2D eigenvalue weighted by Gasteiger charge is -2.33. The zero-order valence-electron chi connectivity index (χ0n) is 13.0. The Morgan fingerprint density at radius 2 is 2.08 bits per heavy atom. The number of rotatable bonds is 5. The summed E-state index contributed by atoms with van der Waals surface area (Å²) < 4.78 is 5.87. The average Bonchev–Trinajstić information content (AvgIpc) is 2.56. The molecule has 0 bridgehead atoms. The van der Waals surface area contributed by atoms with Crippen LogP contribution in [0.5, 0.6) is 5.75 Å². The van der Waals surface area contributed by atoms with Crippen LogP contribution >= 0.6 is 35.6 Å². The van der Waals surface area contributed by atoms with Gasteiger partial charge in [-0.1, -0.05) is 23.2 Å². The Hall–Kier alpha value is -1.21. The molecule has 24 heavy (non-hydrogen) atoms.